The fraction of sp³-hybridized carbons (Fsp3) is 0.391. The van der Waals surface area contributed by atoms with Crippen LogP contribution in [0.2, 0.25) is 0 Å². The van der Waals surface area contributed by atoms with Crippen molar-refractivity contribution < 1.29 is 9.90 Å². The number of para-hydroxylation sites is 1. The fourth-order valence-corrected chi connectivity index (χ4v) is 4.94. The highest BCUT2D eigenvalue weighted by atomic mass is 16.3. The van der Waals surface area contributed by atoms with Gasteiger partial charge in [-0.1, -0.05) is 50.3 Å². The molecule has 3 heterocycles. The number of fused-ring (bicyclic) bond motifs is 4. The maximum Gasteiger partial charge on any atom is 0.245 e. The summed E-state index contributed by atoms with van der Waals surface area (Å²) in [7, 11) is 0. The van der Waals surface area contributed by atoms with Crippen LogP contribution in [0.3, 0.4) is 0 Å². The molecular formula is C23H26N4O2. The number of hydrogen-bond acceptors (Lipinski definition) is 5. The normalized spacial score (nSPS) is 31.9. The van der Waals surface area contributed by atoms with Crippen LogP contribution in [0.1, 0.15) is 32.3 Å². The van der Waals surface area contributed by atoms with E-state index < -0.39 is 11.8 Å². The van der Waals surface area contributed by atoms with Crippen molar-refractivity contribution in [3.63, 3.8) is 0 Å². The third-order valence-electron chi connectivity index (χ3n) is 6.21. The van der Waals surface area contributed by atoms with Crippen LogP contribution in [0.25, 0.3) is 0 Å². The molecule has 0 bridgehead atoms. The average molecular weight is 390 g/mol. The minimum atomic E-state index is -1.16. The lowest BCUT2D eigenvalue weighted by Gasteiger charge is -2.33. The van der Waals surface area contributed by atoms with Crippen LogP contribution in [0.5, 0.6) is 0 Å². The monoisotopic (exact) mass is 390 g/mol. The first-order valence-corrected chi connectivity index (χ1v) is 10.3. The molecule has 1 saturated heterocycles. The van der Waals surface area contributed by atoms with Crippen molar-refractivity contribution in [2.75, 3.05) is 4.90 Å². The molecular weight excluding hydrogens is 364 g/mol. The Balaban J connectivity index is 1.49. The zero-order chi connectivity index (χ0) is 20.2. The van der Waals surface area contributed by atoms with E-state index >= 15 is 0 Å². The topological polar surface area (TPSA) is 77.0 Å². The maximum atomic E-state index is 13.1. The van der Waals surface area contributed by atoms with E-state index in [0.29, 0.717) is 12.3 Å². The van der Waals surface area contributed by atoms with Gasteiger partial charge in [-0.25, -0.2) is 4.99 Å². The Morgan fingerprint density at radius 1 is 1.31 bits per heavy atom. The van der Waals surface area contributed by atoms with Gasteiger partial charge in [0, 0.05) is 29.0 Å². The third kappa shape index (κ3) is 2.86. The van der Waals surface area contributed by atoms with Crippen LogP contribution in [-0.4, -0.2) is 29.6 Å². The van der Waals surface area contributed by atoms with E-state index in [1.165, 1.54) is 0 Å². The first-order chi connectivity index (χ1) is 14.0. The lowest BCUT2D eigenvalue weighted by molar-refractivity contribution is -0.119. The highest BCUT2D eigenvalue weighted by Crippen LogP contribution is 2.49. The molecule has 1 amide bonds. The van der Waals surface area contributed by atoms with Gasteiger partial charge >= 0.3 is 0 Å². The molecule has 0 radical (unpaired) electrons. The number of benzene rings is 1. The summed E-state index contributed by atoms with van der Waals surface area (Å²) in [6, 6.07) is 7.47. The Labute approximate surface area is 170 Å². The van der Waals surface area contributed by atoms with Crippen LogP contribution >= 0.6 is 0 Å². The third-order valence-corrected chi connectivity index (χ3v) is 6.21. The quantitative estimate of drug-likeness (QED) is 0.738. The van der Waals surface area contributed by atoms with E-state index in [1.54, 1.807) is 11.2 Å². The van der Waals surface area contributed by atoms with Crippen molar-refractivity contribution in [2.24, 2.45) is 16.8 Å². The van der Waals surface area contributed by atoms with Crippen LogP contribution < -0.4 is 15.5 Å². The van der Waals surface area contributed by atoms with Gasteiger partial charge in [-0.3, -0.25) is 15.0 Å². The molecule has 0 aromatic heterocycles. The number of carbonyl (C=O) groups is 1. The van der Waals surface area contributed by atoms with Crippen molar-refractivity contribution in [1.82, 2.24) is 10.6 Å². The number of aliphatic imine (C=N–C) groups is 1. The van der Waals surface area contributed by atoms with Crippen LogP contribution in [0, 0.1) is 11.8 Å². The number of hydrogen-bond donors (Lipinski definition) is 3. The minimum absolute atomic E-state index is 0.0419. The first kappa shape index (κ1) is 18.3. The predicted molar refractivity (Wildman–Crippen MR) is 113 cm³/mol. The van der Waals surface area contributed by atoms with Gasteiger partial charge in [-0.05, 0) is 24.8 Å². The van der Waals surface area contributed by atoms with E-state index in [0.717, 1.165) is 28.9 Å². The van der Waals surface area contributed by atoms with E-state index in [1.807, 2.05) is 36.5 Å². The number of nitrogens with one attached hydrogen (secondary N) is 2. The van der Waals surface area contributed by atoms with Gasteiger partial charge in [-0.15, -0.1) is 0 Å². The van der Waals surface area contributed by atoms with Gasteiger partial charge in [0.2, 0.25) is 5.91 Å². The number of nitrogens with zero attached hydrogens (tertiary/aromatic N) is 2. The average Bonchev–Trinajstić information content (AvgIpc) is 3.15. The Morgan fingerprint density at radius 2 is 2.14 bits per heavy atom. The van der Waals surface area contributed by atoms with E-state index in [9.17, 15) is 9.90 Å². The largest absolute Gasteiger partial charge is 0.381 e. The van der Waals surface area contributed by atoms with Crippen molar-refractivity contribution in [2.45, 2.75) is 44.5 Å². The molecule has 1 aromatic rings. The number of anilines is 1. The Bertz CT molecular complexity index is 977. The molecule has 1 fully saturated rings. The molecule has 1 aliphatic carbocycles. The summed E-state index contributed by atoms with van der Waals surface area (Å²) >= 11 is 0. The number of rotatable bonds is 4. The Hall–Kier alpha value is -2.70. The van der Waals surface area contributed by atoms with Crippen LogP contribution in [-0.2, 0) is 10.4 Å². The van der Waals surface area contributed by atoms with E-state index in [-0.39, 0.29) is 17.9 Å². The molecule has 6 nitrogen and oxygen atoms in total. The van der Waals surface area contributed by atoms with Gasteiger partial charge in [0.05, 0.1) is 18.1 Å². The van der Waals surface area contributed by atoms with Crippen molar-refractivity contribution >= 4 is 17.9 Å². The number of allylic oxidation sites excluding steroid dienone is 3. The molecule has 5 rings (SSSR count). The van der Waals surface area contributed by atoms with Gasteiger partial charge in [0.25, 0.3) is 0 Å². The number of aliphatic hydroxyl groups is 1. The molecule has 4 atom stereocenters. The summed E-state index contributed by atoms with van der Waals surface area (Å²) in [5.74, 6) is 0.496. The maximum absolute atomic E-state index is 13.1. The summed E-state index contributed by atoms with van der Waals surface area (Å²) in [5, 5.41) is 18.6. The van der Waals surface area contributed by atoms with Gasteiger partial charge < -0.3 is 10.4 Å². The molecule has 4 unspecified atom stereocenters. The summed E-state index contributed by atoms with van der Waals surface area (Å²) in [4.78, 5) is 19.0. The summed E-state index contributed by atoms with van der Waals surface area (Å²) in [6.07, 6.45) is 10.6. The second-order valence-corrected chi connectivity index (χ2v) is 8.72. The number of amides is 1. The SMILES string of the molecule is CC(C)CC1NC2N(C1=O)c1ccccc1C2(O)CC1C=CC2=CN=CNC2=C1. The fourth-order valence-electron chi connectivity index (χ4n) is 4.94. The molecule has 3 N–H and O–H groups in total. The van der Waals surface area contributed by atoms with E-state index in [4.69, 9.17) is 0 Å². The molecule has 3 aliphatic heterocycles. The van der Waals surface area contributed by atoms with E-state index in [2.05, 4.69) is 41.6 Å². The standard InChI is InChI=1S/C23H26N4O2/c1-14(2)9-19-21(28)27-20-6-4-3-5-17(20)23(29,22(27)26-19)11-15-7-8-16-12-24-13-25-18(16)10-15/h3-8,10,12-15,19,22,26,29H,9,11H2,1-2H3,(H,24,25). The second-order valence-electron chi connectivity index (χ2n) is 8.72. The molecule has 6 heteroatoms. The molecule has 0 saturated carbocycles. The number of carbonyl (C=O) groups excluding carboxylic acids is 1. The highest BCUT2D eigenvalue weighted by Gasteiger charge is 2.57. The summed E-state index contributed by atoms with van der Waals surface area (Å²) < 4.78 is 0. The predicted octanol–water partition coefficient (Wildman–Crippen LogP) is 2.54. The lowest BCUT2D eigenvalue weighted by Crippen LogP contribution is -2.50. The van der Waals surface area contributed by atoms with Crippen LogP contribution in [0.15, 0.2) is 65.0 Å². The first-order valence-electron chi connectivity index (χ1n) is 10.3. The van der Waals surface area contributed by atoms with Gasteiger partial charge in [-0.2, -0.15) is 0 Å². The van der Waals surface area contributed by atoms with Gasteiger partial charge in [0.15, 0.2) is 0 Å². The Kier molecular flexibility index (Phi) is 4.22. The zero-order valence-electron chi connectivity index (χ0n) is 16.7. The molecule has 1 aromatic carbocycles. The minimum Gasteiger partial charge on any atom is -0.381 e. The van der Waals surface area contributed by atoms with Crippen molar-refractivity contribution in [3.05, 3.63) is 65.5 Å². The highest BCUT2D eigenvalue weighted by molar-refractivity contribution is 6.02. The van der Waals surface area contributed by atoms with Gasteiger partial charge in [0.1, 0.15) is 11.8 Å². The molecule has 150 valence electrons. The second kappa shape index (κ2) is 6.68. The Morgan fingerprint density at radius 3 is 2.97 bits per heavy atom. The molecule has 29 heavy (non-hydrogen) atoms. The van der Waals surface area contributed by atoms with Crippen LogP contribution in [0.4, 0.5) is 5.69 Å². The zero-order valence-corrected chi connectivity index (χ0v) is 16.7. The lowest BCUT2D eigenvalue weighted by atomic mass is 9.81. The van der Waals surface area contributed by atoms with Crippen molar-refractivity contribution in [1.29, 1.82) is 0 Å². The van der Waals surface area contributed by atoms with Crippen molar-refractivity contribution in [3.8, 4) is 0 Å². The summed E-state index contributed by atoms with van der Waals surface area (Å²) in [5.41, 5.74) is 2.52. The smallest absolute Gasteiger partial charge is 0.245 e. The molecule has 4 aliphatic rings. The molecule has 0 spiro atoms. The summed E-state index contributed by atoms with van der Waals surface area (Å²) in [6.45, 7) is 4.23.